The summed E-state index contributed by atoms with van der Waals surface area (Å²) in [6, 6.07) is 0.872. The Kier molecular flexibility index (Phi) is 3.82. The predicted molar refractivity (Wildman–Crippen MR) is 58.3 cm³/mol. The number of ether oxygens (including phenoxy) is 1. The second kappa shape index (κ2) is 5.13. The molecular weight excluding hydrogens is 174 g/mol. The first-order chi connectivity index (χ1) is 6.86. The lowest BCUT2D eigenvalue weighted by Gasteiger charge is -2.27. The Morgan fingerprint density at radius 3 is 2.57 bits per heavy atom. The molecule has 1 N–H and O–H groups in total. The molecule has 1 aliphatic heterocycles. The van der Waals surface area contributed by atoms with Crippen LogP contribution in [-0.2, 0) is 4.74 Å². The van der Waals surface area contributed by atoms with Crippen molar-refractivity contribution in [3.8, 4) is 0 Å². The fourth-order valence-electron chi connectivity index (χ4n) is 2.32. The molecule has 1 saturated heterocycles. The molecule has 2 fully saturated rings. The van der Waals surface area contributed by atoms with Gasteiger partial charge in [-0.1, -0.05) is 6.92 Å². The van der Waals surface area contributed by atoms with E-state index in [0.717, 1.165) is 31.1 Å². The summed E-state index contributed by atoms with van der Waals surface area (Å²) in [5.41, 5.74) is 0. The van der Waals surface area contributed by atoms with Crippen molar-refractivity contribution in [1.29, 1.82) is 0 Å². The third-order valence-electron chi connectivity index (χ3n) is 3.68. The number of nitrogens with one attached hydrogen (secondary N) is 1. The average molecular weight is 197 g/mol. The van der Waals surface area contributed by atoms with Crippen LogP contribution in [0.3, 0.4) is 0 Å². The molecule has 2 heteroatoms. The third-order valence-corrected chi connectivity index (χ3v) is 3.68. The normalized spacial score (nSPS) is 26.4. The van der Waals surface area contributed by atoms with E-state index in [1.807, 2.05) is 0 Å². The largest absolute Gasteiger partial charge is 0.381 e. The molecule has 0 aromatic rings. The van der Waals surface area contributed by atoms with Crippen LogP contribution in [0.25, 0.3) is 0 Å². The van der Waals surface area contributed by atoms with Crippen LogP contribution in [0.2, 0.25) is 0 Å². The smallest absolute Gasteiger partial charge is 0.0468 e. The van der Waals surface area contributed by atoms with Crippen LogP contribution in [-0.4, -0.2) is 25.8 Å². The van der Waals surface area contributed by atoms with Gasteiger partial charge in [0.15, 0.2) is 0 Å². The van der Waals surface area contributed by atoms with Crippen LogP contribution in [0.15, 0.2) is 0 Å². The van der Waals surface area contributed by atoms with E-state index >= 15 is 0 Å². The van der Waals surface area contributed by atoms with Crippen LogP contribution in [0.4, 0.5) is 0 Å². The maximum absolute atomic E-state index is 5.39. The molecule has 2 rings (SSSR count). The van der Waals surface area contributed by atoms with Gasteiger partial charge in [-0.3, -0.25) is 0 Å². The molecule has 0 spiro atoms. The van der Waals surface area contributed by atoms with Crippen molar-refractivity contribution in [3.63, 3.8) is 0 Å². The van der Waals surface area contributed by atoms with E-state index in [9.17, 15) is 0 Å². The van der Waals surface area contributed by atoms with Crippen LogP contribution in [0.5, 0.6) is 0 Å². The molecular formula is C12H23NO. The molecule has 0 radical (unpaired) electrons. The highest BCUT2D eigenvalue weighted by atomic mass is 16.5. The van der Waals surface area contributed by atoms with Gasteiger partial charge < -0.3 is 10.1 Å². The van der Waals surface area contributed by atoms with E-state index in [1.54, 1.807) is 0 Å². The highest BCUT2D eigenvalue weighted by molar-refractivity contribution is 4.81. The first kappa shape index (κ1) is 10.4. The fraction of sp³-hybridized carbons (Fsp3) is 1.00. The lowest BCUT2D eigenvalue weighted by molar-refractivity contribution is 0.0481. The summed E-state index contributed by atoms with van der Waals surface area (Å²) in [4.78, 5) is 0. The van der Waals surface area contributed by atoms with E-state index < -0.39 is 0 Å². The van der Waals surface area contributed by atoms with Crippen LogP contribution < -0.4 is 5.32 Å². The number of hydrogen-bond acceptors (Lipinski definition) is 2. The fourth-order valence-corrected chi connectivity index (χ4v) is 2.32. The second-order valence-electron chi connectivity index (χ2n) is 4.94. The van der Waals surface area contributed by atoms with Crippen molar-refractivity contribution < 1.29 is 4.74 Å². The molecule has 2 aliphatic rings. The Labute approximate surface area is 87.4 Å². The summed E-state index contributed by atoms with van der Waals surface area (Å²) in [6.45, 7) is 5.61. The van der Waals surface area contributed by atoms with Crippen molar-refractivity contribution in [3.05, 3.63) is 0 Å². The SMILES string of the molecule is CC(CCNC1CC1)C1CCOCC1. The molecule has 0 aromatic carbocycles. The minimum atomic E-state index is 0.872. The summed E-state index contributed by atoms with van der Waals surface area (Å²) >= 11 is 0. The number of hydrogen-bond donors (Lipinski definition) is 1. The van der Waals surface area contributed by atoms with Crippen LogP contribution >= 0.6 is 0 Å². The van der Waals surface area contributed by atoms with Crippen molar-refractivity contribution >= 4 is 0 Å². The van der Waals surface area contributed by atoms with E-state index in [2.05, 4.69) is 12.2 Å². The molecule has 1 saturated carbocycles. The molecule has 0 bridgehead atoms. The monoisotopic (exact) mass is 197 g/mol. The van der Waals surface area contributed by atoms with E-state index in [0.29, 0.717) is 0 Å². The minimum Gasteiger partial charge on any atom is -0.381 e. The van der Waals surface area contributed by atoms with Gasteiger partial charge >= 0.3 is 0 Å². The molecule has 2 nitrogen and oxygen atoms in total. The Morgan fingerprint density at radius 1 is 1.21 bits per heavy atom. The van der Waals surface area contributed by atoms with Gasteiger partial charge in [0.25, 0.3) is 0 Å². The molecule has 0 amide bonds. The lowest BCUT2D eigenvalue weighted by Crippen LogP contribution is -2.26. The highest BCUT2D eigenvalue weighted by Crippen LogP contribution is 2.26. The van der Waals surface area contributed by atoms with E-state index in [1.165, 1.54) is 38.6 Å². The summed E-state index contributed by atoms with van der Waals surface area (Å²) in [5, 5.41) is 3.60. The lowest BCUT2D eigenvalue weighted by atomic mass is 9.85. The summed E-state index contributed by atoms with van der Waals surface area (Å²) < 4.78 is 5.39. The van der Waals surface area contributed by atoms with E-state index in [-0.39, 0.29) is 0 Å². The summed E-state index contributed by atoms with van der Waals surface area (Å²) in [6.07, 6.45) is 6.73. The molecule has 82 valence electrons. The Morgan fingerprint density at radius 2 is 1.93 bits per heavy atom. The zero-order valence-corrected chi connectivity index (χ0v) is 9.30. The maximum Gasteiger partial charge on any atom is 0.0468 e. The average Bonchev–Trinajstić information content (AvgIpc) is 3.03. The van der Waals surface area contributed by atoms with Gasteiger partial charge in [-0.2, -0.15) is 0 Å². The molecule has 1 heterocycles. The van der Waals surface area contributed by atoms with Gasteiger partial charge in [0.05, 0.1) is 0 Å². The minimum absolute atomic E-state index is 0.872. The molecule has 1 atom stereocenters. The summed E-state index contributed by atoms with van der Waals surface area (Å²) in [7, 11) is 0. The van der Waals surface area contributed by atoms with Crippen molar-refractivity contribution in [2.45, 2.75) is 45.1 Å². The molecule has 1 aliphatic carbocycles. The van der Waals surface area contributed by atoms with Crippen molar-refractivity contribution in [1.82, 2.24) is 5.32 Å². The van der Waals surface area contributed by atoms with Gasteiger partial charge in [-0.05, 0) is 50.5 Å². The zero-order valence-electron chi connectivity index (χ0n) is 9.30. The Bertz CT molecular complexity index is 162. The second-order valence-corrected chi connectivity index (χ2v) is 4.94. The highest BCUT2D eigenvalue weighted by Gasteiger charge is 2.22. The predicted octanol–water partition coefficient (Wildman–Crippen LogP) is 2.19. The topological polar surface area (TPSA) is 21.3 Å². The number of rotatable bonds is 5. The van der Waals surface area contributed by atoms with Crippen LogP contribution in [0.1, 0.15) is 39.0 Å². The van der Waals surface area contributed by atoms with Gasteiger partial charge in [-0.25, -0.2) is 0 Å². The Hall–Kier alpha value is -0.0800. The zero-order chi connectivity index (χ0) is 9.80. The van der Waals surface area contributed by atoms with Gasteiger partial charge in [0, 0.05) is 19.3 Å². The van der Waals surface area contributed by atoms with Gasteiger partial charge in [-0.15, -0.1) is 0 Å². The molecule has 0 aromatic heterocycles. The summed E-state index contributed by atoms with van der Waals surface area (Å²) in [5.74, 6) is 1.80. The molecule has 1 unspecified atom stereocenters. The van der Waals surface area contributed by atoms with Gasteiger partial charge in [0.1, 0.15) is 0 Å². The van der Waals surface area contributed by atoms with Crippen molar-refractivity contribution in [2.75, 3.05) is 19.8 Å². The van der Waals surface area contributed by atoms with E-state index in [4.69, 9.17) is 4.74 Å². The van der Waals surface area contributed by atoms with Gasteiger partial charge in [0.2, 0.25) is 0 Å². The first-order valence-electron chi connectivity index (χ1n) is 6.17. The third kappa shape index (κ3) is 3.25. The first-order valence-corrected chi connectivity index (χ1v) is 6.17. The van der Waals surface area contributed by atoms with Crippen LogP contribution in [0, 0.1) is 11.8 Å². The quantitative estimate of drug-likeness (QED) is 0.729. The molecule has 14 heavy (non-hydrogen) atoms. The Balaban J connectivity index is 1.57. The maximum atomic E-state index is 5.39. The standard InChI is InChI=1S/C12H23NO/c1-10(4-7-13-12-2-3-12)11-5-8-14-9-6-11/h10-13H,2-9H2,1H3. The van der Waals surface area contributed by atoms with Crippen molar-refractivity contribution in [2.24, 2.45) is 11.8 Å².